The maximum absolute atomic E-state index is 12.7. The number of carbonyl (C=O) groups excluding carboxylic acids is 3. The quantitative estimate of drug-likeness (QED) is 0.0262. The Hall–Kier alpha value is -2.11. The first-order valence-corrected chi connectivity index (χ1v) is 29.8. The molecule has 0 aromatic heterocycles. The molecule has 0 aromatic rings. The molecule has 0 N–H and O–H groups in total. The molecule has 0 heterocycles. The second kappa shape index (κ2) is 56.5. The molecule has 0 bridgehead atoms. The van der Waals surface area contributed by atoms with Crippen LogP contribution in [-0.2, 0) is 28.6 Å². The van der Waals surface area contributed by atoms with E-state index in [2.05, 4.69) is 45.1 Å². The highest BCUT2D eigenvalue weighted by Crippen LogP contribution is 2.17. The van der Waals surface area contributed by atoms with Gasteiger partial charge >= 0.3 is 17.9 Å². The van der Waals surface area contributed by atoms with E-state index in [0.717, 1.165) is 70.6 Å². The van der Waals surface area contributed by atoms with Crippen molar-refractivity contribution in [2.75, 3.05) is 13.2 Å². The zero-order chi connectivity index (χ0) is 48.6. The van der Waals surface area contributed by atoms with Crippen LogP contribution >= 0.6 is 0 Å². The summed E-state index contributed by atoms with van der Waals surface area (Å²) in [6.07, 6.45) is 66.7. The summed E-state index contributed by atoms with van der Waals surface area (Å²) in [6, 6.07) is 0. The van der Waals surface area contributed by atoms with Crippen molar-refractivity contribution < 1.29 is 28.6 Å². The smallest absolute Gasteiger partial charge is 0.306 e. The molecule has 6 nitrogen and oxygen atoms in total. The van der Waals surface area contributed by atoms with E-state index >= 15 is 0 Å². The third-order valence-electron chi connectivity index (χ3n) is 13.4. The van der Waals surface area contributed by atoms with Gasteiger partial charge in [-0.2, -0.15) is 0 Å². The second-order valence-corrected chi connectivity index (χ2v) is 20.3. The molecule has 394 valence electrons. The first kappa shape index (κ1) is 64.9. The molecule has 1 atom stereocenters. The van der Waals surface area contributed by atoms with E-state index in [9.17, 15) is 14.4 Å². The first-order chi connectivity index (χ1) is 33.0. The van der Waals surface area contributed by atoms with E-state index in [4.69, 9.17) is 14.2 Å². The minimum absolute atomic E-state index is 0.0709. The molecule has 0 aliphatic rings. The Morgan fingerprint density at radius 3 is 0.761 bits per heavy atom. The average molecular weight is 944 g/mol. The summed E-state index contributed by atoms with van der Waals surface area (Å²) in [6.45, 7) is 6.57. The Morgan fingerprint density at radius 1 is 0.284 bits per heavy atom. The number of hydrogen-bond acceptors (Lipinski definition) is 6. The molecule has 0 fully saturated rings. The summed E-state index contributed by atoms with van der Waals surface area (Å²) < 4.78 is 16.7. The number of ether oxygens (including phenoxy) is 3. The molecule has 0 aliphatic carbocycles. The van der Waals surface area contributed by atoms with Crippen molar-refractivity contribution >= 4 is 17.9 Å². The molecule has 0 spiro atoms. The fourth-order valence-corrected chi connectivity index (χ4v) is 8.91. The van der Waals surface area contributed by atoms with E-state index in [1.807, 2.05) is 0 Å². The highest BCUT2D eigenvalue weighted by atomic mass is 16.6. The SMILES string of the molecule is CCCCCC/C=C\CCCCCCCC(=O)OC(COC(=O)CCCCCCC)COC(=O)CCCCCCCCCCCCCCCCCCCCC/C=C\CCCCCCCCCC. The third kappa shape index (κ3) is 54.7. The van der Waals surface area contributed by atoms with Crippen molar-refractivity contribution in [3.63, 3.8) is 0 Å². The van der Waals surface area contributed by atoms with Gasteiger partial charge in [0, 0.05) is 19.3 Å². The Labute approximate surface area is 417 Å². The summed E-state index contributed by atoms with van der Waals surface area (Å²) >= 11 is 0. The number of unbranched alkanes of at least 4 members (excludes halogenated alkanes) is 40. The third-order valence-corrected chi connectivity index (χ3v) is 13.4. The molecule has 0 rings (SSSR count). The van der Waals surface area contributed by atoms with Gasteiger partial charge in [-0.05, 0) is 70.6 Å². The summed E-state index contributed by atoms with van der Waals surface area (Å²) in [5.41, 5.74) is 0. The molecule has 0 radical (unpaired) electrons. The van der Waals surface area contributed by atoms with Crippen molar-refractivity contribution in [1.29, 1.82) is 0 Å². The fraction of sp³-hybridized carbons (Fsp3) is 0.885. The summed E-state index contributed by atoms with van der Waals surface area (Å²) in [7, 11) is 0. The monoisotopic (exact) mass is 943 g/mol. The Morgan fingerprint density at radius 2 is 0.493 bits per heavy atom. The van der Waals surface area contributed by atoms with Gasteiger partial charge in [-0.15, -0.1) is 0 Å². The Balaban J connectivity index is 3.88. The van der Waals surface area contributed by atoms with E-state index in [1.165, 1.54) is 218 Å². The second-order valence-electron chi connectivity index (χ2n) is 20.3. The normalized spacial score (nSPS) is 12.1. The van der Waals surface area contributed by atoms with E-state index in [-0.39, 0.29) is 31.1 Å². The van der Waals surface area contributed by atoms with Crippen molar-refractivity contribution in [1.82, 2.24) is 0 Å². The van der Waals surface area contributed by atoms with Crippen LogP contribution in [-0.4, -0.2) is 37.2 Å². The predicted octanol–water partition coefficient (Wildman–Crippen LogP) is 19.9. The van der Waals surface area contributed by atoms with Gasteiger partial charge in [0.05, 0.1) is 0 Å². The minimum Gasteiger partial charge on any atom is -0.462 e. The molecule has 0 saturated carbocycles. The number of rotatable bonds is 55. The van der Waals surface area contributed by atoms with E-state index in [0.29, 0.717) is 19.3 Å². The Kier molecular flexibility index (Phi) is 54.7. The van der Waals surface area contributed by atoms with E-state index in [1.54, 1.807) is 0 Å². The van der Waals surface area contributed by atoms with Crippen LogP contribution in [0.4, 0.5) is 0 Å². The molecule has 6 heteroatoms. The molecule has 0 aliphatic heterocycles. The lowest BCUT2D eigenvalue weighted by Crippen LogP contribution is -2.30. The lowest BCUT2D eigenvalue weighted by molar-refractivity contribution is -0.167. The number of carbonyl (C=O) groups is 3. The molecular formula is C61H114O6. The van der Waals surface area contributed by atoms with Crippen LogP contribution in [0.15, 0.2) is 24.3 Å². The van der Waals surface area contributed by atoms with Gasteiger partial charge in [-0.3, -0.25) is 14.4 Å². The fourth-order valence-electron chi connectivity index (χ4n) is 8.91. The van der Waals surface area contributed by atoms with Gasteiger partial charge in [0.1, 0.15) is 13.2 Å². The Bertz CT molecular complexity index is 1080. The average Bonchev–Trinajstić information content (AvgIpc) is 3.33. The lowest BCUT2D eigenvalue weighted by atomic mass is 10.0. The minimum atomic E-state index is -0.768. The lowest BCUT2D eigenvalue weighted by Gasteiger charge is -2.18. The van der Waals surface area contributed by atoms with Crippen LogP contribution in [0.2, 0.25) is 0 Å². The van der Waals surface area contributed by atoms with Crippen LogP contribution in [0.25, 0.3) is 0 Å². The maximum atomic E-state index is 12.7. The molecule has 0 amide bonds. The molecule has 0 aromatic carbocycles. The molecule has 1 unspecified atom stereocenters. The van der Waals surface area contributed by atoms with Gasteiger partial charge in [0.15, 0.2) is 6.10 Å². The standard InChI is InChI=1S/C61H114O6/c1-4-7-10-13-15-17-19-21-22-23-24-25-26-27-28-29-30-31-32-33-34-35-36-37-38-40-41-43-45-48-51-54-60(63)66-57-58(56-65-59(62)53-50-47-12-9-6-3)67-61(64)55-52-49-46-44-42-39-20-18-16-14-11-8-5-2/h18,20,23-24,58H,4-17,19,21-22,25-57H2,1-3H3/b20-18-,24-23-. The van der Waals surface area contributed by atoms with Gasteiger partial charge in [0.25, 0.3) is 0 Å². The molecule has 67 heavy (non-hydrogen) atoms. The van der Waals surface area contributed by atoms with Crippen molar-refractivity contribution in [2.45, 2.75) is 335 Å². The van der Waals surface area contributed by atoms with Crippen molar-refractivity contribution in [3.8, 4) is 0 Å². The van der Waals surface area contributed by atoms with Crippen molar-refractivity contribution in [3.05, 3.63) is 24.3 Å². The highest BCUT2D eigenvalue weighted by Gasteiger charge is 2.19. The van der Waals surface area contributed by atoms with Gasteiger partial charge in [-0.25, -0.2) is 0 Å². The topological polar surface area (TPSA) is 78.9 Å². The summed E-state index contributed by atoms with van der Waals surface area (Å²) in [4.78, 5) is 37.7. The van der Waals surface area contributed by atoms with Crippen LogP contribution in [0.1, 0.15) is 329 Å². The van der Waals surface area contributed by atoms with Gasteiger partial charge < -0.3 is 14.2 Å². The summed E-state index contributed by atoms with van der Waals surface area (Å²) in [5, 5.41) is 0. The number of hydrogen-bond donors (Lipinski definition) is 0. The number of allylic oxidation sites excluding steroid dienone is 4. The van der Waals surface area contributed by atoms with Crippen LogP contribution in [0, 0.1) is 0 Å². The van der Waals surface area contributed by atoms with Crippen LogP contribution in [0.5, 0.6) is 0 Å². The molecule has 0 saturated heterocycles. The first-order valence-electron chi connectivity index (χ1n) is 29.8. The zero-order valence-electron chi connectivity index (χ0n) is 45.2. The van der Waals surface area contributed by atoms with E-state index < -0.39 is 6.10 Å². The van der Waals surface area contributed by atoms with Crippen LogP contribution < -0.4 is 0 Å². The maximum Gasteiger partial charge on any atom is 0.306 e. The highest BCUT2D eigenvalue weighted by molar-refractivity contribution is 5.71. The van der Waals surface area contributed by atoms with Gasteiger partial charge in [-0.1, -0.05) is 263 Å². The predicted molar refractivity (Wildman–Crippen MR) is 289 cm³/mol. The van der Waals surface area contributed by atoms with Crippen LogP contribution in [0.3, 0.4) is 0 Å². The van der Waals surface area contributed by atoms with Gasteiger partial charge in [0.2, 0.25) is 0 Å². The summed E-state index contributed by atoms with van der Waals surface area (Å²) in [5.74, 6) is -0.879. The zero-order valence-corrected chi connectivity index (χ0v) is 45.2. The number of esters is 3. The largest absolute Gasteiger partial charge is 0.462 e. The molecular weight excluding hydrogens is 829 g/mol. The van der Waals surface area contributed by atoms with Crippen molar-refractivity contribution in [2.24, 2.45) is 0 Å².